The van der Waals surface area contributed by atoms with E-state index in [4.69, 9.17) is 10.5 Å². The van der Waals surface area contributed by atoms with Gasteiger partial charge in [0.1, 0.15) is 0 Å². The van der Waals surface area contributed by atoms with Crippen molar-refractivity contribution < 1.29 is 9.53 Å². The highest BCUT2D eigenvalue weighted by Crippen LogP contribution is 2.34. The molecule has 1 atom stereocenters. The molecule has 15 heavy (non-hydrogen) atoms. The lowest BCUT2D eigenvalue weighted by atomic mass is 9.80. The van der Waals surface area contributed by atoms with Crippen LogP contribution < -0.4 is 5.73 Å². The standard InChI is InChI=1S/C11H17NO2S/c1-3-11(8-12,7-10(13)14-2)9-5-4-6-15-9/h4-6H,3,7-8,12H2,1-2H3. The number of thiophene rings is 1. The minimum Gasteiger partial charge on any atom is -0.469 e. The predicted molar refractivity (Wildman–Crippen MR) is 62.0 cm³/mol. The summed E-state index contributed by atoms with van der Waals surface area (Å²) in [5.41, 5.74) is 5.56. The summed E-state index contributed by atoms with van der Waals surface area (Å²) in [5, 5.41) is 2.01. The van der Waals surface area contributed by atoms with Crippen molar-refractivity contribution in [1.29, 1.82) is 0 Å². The maximum atomic E-state index is 11.4. The van der Waals surface area contributed by atoms with Crippen LogP contribution >= 0.6 is 11.3 Å². The van der Waals surface area contributed by atoms with Gasteiger partial charge in [-0.1, -0.05) is 13.0 Å². The number of rotatable bonds is 5. The second kappa shape index (κ2) is 5.28. The quantitative estimate of drug-likeness (QED) is 0.782. The number of ether oxygens (including phenoxy) is 1. The Morgan fingerprint density at radius 2 is 2.40 bits per heavy atom. The van der Waals surface area contributed by atoms with Crippen LogP contribution in [0.4, 0.5) is 0 Å². The molecule has 1 aromatic rings. The van der Waals surface area contributed by atoms with Gasteiger partial charge in [0.25, 0.3) is 0 Å². The van der Waals surface area contributed by atoms with E-state index in [0.29, 0.717) is 13.0 Å². The monoisotopic (exact) mass is 227 g/mol. The van der Waals surface area contributed by atoms with Gasteiger partial charge in [-0.3, -0.25) is 4.79 Å². The average molecular weight is 227 g/mol. The first-order valence-corrected chi connectivity index (χ1v) is 5.87. The van der Waals surface area contributed by atoms with Crippen LogP contribution in [0.25, 0.3) is 0 Å². The lowest BCUT2D eigenvalue weighted by molar-refractivity contribution is -0.142. The molecule has 1 unspecified atom stereocenters. The van der Waals surface area contributed by atoms with Crippen molar-refractivity contribution in [2.45, 2.75) is 25.2 Å². The number of methoxy groups -OCH3 is 1. The Hall–Kier alpha value is -0.870. The van der Waals surface area contributed by atoms with Crippen LogP contribution in [0.1, 0.15) is 24.6 Å². The largest absolute Gasteiger partial charge is 0.469 e. The van der Waals surface area contributed by atoms with E-state index >= 15 is 0 Å². The first kappa shape index (κ1) is 12.2. The van der Waals surface area contributed by atoms with E-state index in [1.807, 2.05) is 17.5 Å². The van der Waals surface area contributed by atoms with E-state index in [1.165, 1.54) is 7.11 Å². The Bertz CT molecular complexity index is 304. The number of nitrogens with two attached hydrogens (primary N) is 1. The Morgan fingerprint density at radius 3 is 2.80 bits per heavy atom. The highest BCUT2D eigenvalue weighted by atomic mass is 32.1. The van der Waals surface area contributed by atoms with Gasteiger partial charge in [-0.2, -0.15) is 0 Å². The summed E-state index contributed by atoms with van der Waals surface area (Å²) in [6.07, 6.45) is 1.20. The topological polar surface area (TPSA) is 52.3 Å². The van der Waals surface area contributed by atoms with Gasteiger partial charge < -0.3 is 10.5 Å². The van der Waals surface area contributed by atoms with Crippen molar-refractivity contribution in [2.75, 3.05) is 13.7 Å². The van der Waals surface area contributed by atoms with Gasteiger partial charge in [-0.15, -0.1) is 11.3 Å². The van der Waals surface area contributed by atoms with Gasteiger partial charge in [-0.05, 0) is 17.9 Å². The molecule has 0 aliphatic heterocycles. The molecule has 2 N–H and O–H groups in total. The second-order valence-corrected chi connectivity index (χ2v) is 4.52. The molecule has 1 aromatic heterocycles. The Balaban J connectivity index is 2.92. The third-order valence-corrected chi connectivity index (χ3v) is 3.94. The van der Waals surface area contributed by atoms with Crippen molar-refractivity contribution in [2.24, 2.45) is 5.73 Å². The normalized spacial score (nSPS) is 14.6. The van der Waals surface area contributed by atoms with Gasteiger partial charge in [0.05, 0.1) is 13.5 Å². The molecule has 1 rings (SSSR count). The molecule has 0 aromatic carbocycles. The van der Waals surface area contributed by atoms with Crippen molar-refractivity contribution in [3.8, 4) is 0 Å². The minimum atomic E-state index is -0.249. The summed E-state index contributed by atoms with van der Waals surface area (Å²) in [5.74, 6) is -0.198. The highest BCUT2D eigenvalue weighted by Gasteiger charge is 2.33. The summed E-state index contributed by atoms with van der Waals surface area (Å²) < 4.78 is 4.72. The molecular formula is C11H17NO2S. The van der Waals surface area contributed by atoms with Crippen molar-refractivity contribution in [3.63, 3.8) is 0 Å². The van der Waals surface area contributed by atoms with Crippen LogP contribution in [0.2, 0.25) is 0 Å². The average Bonchev–Trinajstić information content (AvgIpc) is 2.79. The summed E-state index contributed by atoms with van der Waals surface area (Å²) in [4.78, 5) is 12.5. The van der Waals surface area contributed by atoms with Crippen LogP contribution in [0, 0.1) is 0 Å². The SMILES string of the molecule is CCC(CN)(CC(=O)OC)c1cccs1. The minimum absolute atomic E-state index is 0.198. The molecule has 0 radical (unpaired) electrons. The molecule has 0 aliphatic carbocycles. The molecule has 0 spiro atoms. The molecule has 0 amide bonds. The van der Waals surface area contributed by atoms with Crippen LogP contribution in [0.5, 0.6) is 0 Å². The summed E-state index contributed by atoms with van der Waals surface area (Å²) >= 11 is 1.64. The van der Waals surface area contributed by atoms with E-state index < -0.39 is 0 Å². The zero-order chi connectivity index (χ0) is 11.3. The maximum Gasteiger partial charge on any atom is 0.306 e. The van der Waals surface area contributed by atoms with Crippen LogP contribution in [0.3, 0.4) is 0 Å². The first-order chi connectivity index (χ1) is 7.18. The lowest BCUT2D eigenvalue weighted by Gasteiger charge is -2.29. The Morgan fingerprint density at radius 1 is 1.67 bits per heavy atom. The van der Waals surface area contributed by atoms with Crippen LogP contribution in [0.15, 0.2) is 17.5 Å². The molecule has 3 nitrogen and oxygen atoms in total. The molecule has 0 bridgehead atoms. The fourth-order valence-corrected chi connectivity index (χ4v) is 2.64. The molecule has 1 heterocycles. The summed E-state index contributed by atoms with van der Waals surface area (Å²) in [7, 11) is 1.41. The maximum absolute atomic E-state index is 11.4. The number of carbonyl (C=O) groups is 1. The molecular weight excluding hydrogens is 210 g/mol. The smallest absolute Gasteiger partial charge is 0.306 e. The number of hydrogen-bond donors (Lipinski definition) is 1. The Kier molecular flexibility index (Phi) is 4.29. The third kappa shape index (κ3) is 2.58. The zero-order valence-electron chi connectivity index (χ0n) is 9.16. The van der Waals surface area contributed by atoms with E-state index in [2.05, 4.69) is 6.92 Å². The van der Waals surface area contributed by atoms with E-state index in [-0.39, 0.29) is 11.4 Å². The highest BCUT2D eigenvalue weighted by molar-refractivity contribution is 7.10. The number of esters is 1. The van der Waals surface area contributed by atoms with Gasteiger partial charge in [0, 0.05) is 16.8 Å². The molecule has 84 valence electrons. The van der Waals surface area contributed by atoms with Crippen LogP contribution in [-0.4, -0.2) is 19.6 Å². The van der Waals surface area contributed by atoms with Crippen molar-refractivity contribution >= 4 is 17.3 Å². The predicted octanol–water partition coefficient (Wildman–Crippen LogP) is 1.92. The molecule has 0 aliphatic rings. The second-order valence-electron chi connectivity index (χ2n) is 3.57. The fraction of sp³-hybridized carbons (Fsp3) is 0.545. The van der Waals surface area contributed by atoms with Crippen LogP contribution in [-0.2, 0) is 14.9 Å². The van der Waals surface area contributed by atoms with Crippen molar-refractivity contribution in [1.82, 2.24) is 0 Å². The zero-order valence-corrected chi connectivity index (χ0v) is 9.97. The third-order valence-electron chi connectivity index (χ3n) is 2.82. The van der Waals surface area contributed by atoms with E-state index in [1.54, 1.807) is 11.3 Å². The molecule has 4 heteroatoms. The number of hydrogen-bond acceptors (Lipinski definition) is 4. The van der Waals surface area contributed by atoms with E-state index in [9.17, 15) is 4.79 Å². The van der Waals surface area contributed by atoms with Crippen molar-refractivity contribution in [3.05, 3.63) is 22.4 Å². The van der Waals surface area contributed by atoms with Gasteiger partial charge in [0.15, 0.2) is 0 Å². The molecule has 0 fully saturated rings. The lowest BCUT2D eigenvalue weighted by Crippen LogP contribution is -2.36. The fourth-order valence-electron chi connectivity index (χ4n) is 1.63. The summed E-state index contributed by atoms with van der Waals surface area (Å²) in [6, 6.07) is 4.02. The number of carbonyl (C=O) groups excluding carboxylic acids is 1. The van der Waals surface area contributed by atoms with Gasteiger partial charge in [-0.25, -0.2) is 0 Å². The van der Waals surface area contributed by atoms with E-state index in [0.717, 1.165) is 11.3 Å². The molecule has 0 saturated carbocycles. The van der Waals surface area contributed by atoms with Gasteiger partial charge >= 0.3 is 5.97 Å². The summed E-state index contributed by atoms with van der Waals surface area (Å²) in [6.45, 7) is 2.52. The van der Waals surface area contributed by atoms with Gasteiger partial charge in [0.2, 0.25) is 0 Å². The Labute approximate surface area is 94.2 Å². The first-order valence-electron chi connectivity index (χ1n) is 4.99. The molecule has 0 saturated heterocycles.